The first kappa shape index (κ1) is 25.0. The van der Waals surface area contributed by atoms with Gasteiger partial charge < -0.3 is 15.0 Å². The predicted molar refractivity (Wildman–Crippen MR) is 141 cm³/mol. The highest BCUT2D eigenvalue weighted by atomic mass is 35.5. The number of halogens is 1. The van der Waals surface area contributed by atoms with E-state index in [9.17, 15) is 19.5 Å². The van der Waals surface area contributed by atoms with Crippen molar-refractivity contribution in [2.75, 3.05) is 0 Å². The molecule has 10 nitrogen and oxygen atoms in total. The Hall–Kier alpha value is -4.70. The van der Waals surface area contributed by atoms with Crippen LogP contribution in [0.2, 0.25) is 5.02 Å². The van der Waals surface area contributed by atoms with Crippen molar-refractivity contribution in [3.05, 3.63) is 117 Å². The molecule has 2 N–H and O–H groups in total. The zero-order chi connectivity index (χ0) is 26.6. The number of carboxylic acid groups (broad SMARTS) is 1. The van der Waals surface area contributed by atoms with E-state index in [1.165, 1.54) is 16.9 Å². The number of carboxylic acids is 1. The topological polar surface area (TPSA) is 124 Å². The van der Waals surface area contributed by atoms with Gasteiger partial charge in [0.25, 0.3) is 11.5 Å². The minimum Gasteiger partial charge on any atom is -0.480 e. The highest BCUT2D eigenvalue weighted by molar-refractivity contribution is 6.31. The van der Waals surface area contributed by atoms with Gasteiger partial charge in [-0.3, -0.25) is 23.7 Å². The number of aromatic nitrogens is 5. The Bertz CT molecular complexity index is 1690. The molecular weight excluding hydrogens is 508 g/mol. The summed E-state index contributed by atoms with van der Waals surface area (Å²) < 4.78 is 4.68. The molecule has 0 saturated carbocycles. The molecule has 11 heteroatoms. The van der Waals surface area contributed by atoms with Gasteiger partial charge in [0.15, 0.2) is 0 Å². The van der Waals surface area contributed by atoms with E-state index in [1.54, 1.807) is 45.9 Å². The first-order valence-corrected chi connectivity index (χ1v) is 12.1. The van der Waals surface area contributed by atoms with E-state index in [4.69, 9.17) is 11.6 Å². The third kappa shape index (κ3) is 5.65. The van der Waals surface area contributed by atoms with Crippen LogP contribution in [0.5, 0.6) is 0 Å². The lowest BCUT2D eigenvalue weighted by Gasteiger charge is -2.07. The number of hydrogen-bond donors (Lipinski definition) is 2. The second-order valence-electron chi connectivity index (χ2n) is 8.75. The van der Waals surface area contributed by atoms with Crippen LogP contribution in [-0.2, 0) is 31.0 Å². The second-order valence-corrected chi connectivity index (χ2v) is 9.19. The zero-order valence-electron chi connectivity index (χ0n) is 20.1. The van der Waals surface area contributed by atoms with Crippen molar-refractivity contribution in [1.82, 2.24) is 29.4 Å². The van der Waals surface area contributed by atoms with Crippen LogP contribution in [0.1, 0.15) is 27.2 Å². The number of fused-ring (bicyclic) bond motifs is 1. The van der Waals surface area contributed by atoms with Crippen LogP contribution in [0, 0.1) is 0 Å². The molecule has 0 unspecified atom stereocenters. The lowest BCUT2D eigenvalue weighted by atomic mass is 10.1. The van der Waals surface area contributed by atoms with Gasteiger partial charge in [0.2, 0.25) is 0 Å². The number of nitrogens with zero attached hydrogens (tertiary/aromatic N) is 5. The van der Waals surface area contributed by atoms with Crippen molar-refractivity contribution in [3.8, 4) is 0 Å². The molecule has 0 fully saturated rings. The van der Waals surface area contributed by atoms with Crippen molar-refractivity contribution in [2.45, 2.75) is 26.2 Å². The van der Waals surface area contributed by atoms with Gasteiger partial charge in [0.05, 0.1) is 42.6 Å². The molecule has 2 aromatic carbocycles. The maximum atomic E-state index is 12.8. The van der Waals surface area contributed by atoms with E-state index in [1.807, 2.05) is 30.3 Å². The van der Waals surface area contributed by atoms with Crippen LogP contribution >= 0.6 is 11.6 Å². The summed E-state index contributed by atoms with van der Waals surface area (Å²) >= 11 is 6.12. The molecule has 5 aromatic rings. The first-order valence-electron chi connectivity index (χ1n) is 11.8. The van der Waals surface area contributed by atoms with Gasteiger partial charge in [-0.1, -0.05) is 41.9 Å². The highest BCUT2D eigenvalue weighted by Gasteiger charge is 2.15. The third-order valence-electron chi connectivity index (χ3n) is 6.01. The van der Waals surface area contributed by atoms with Gasteiger partial charge in [0.1, 0.15) is 6.54 Å². The molecule has 0 saturated heterocycles. The Labute approximate surface area is 221 Å². The average molecular weight is 531 g/mol. The summed E-state index contributed by atoms with van der Waals surface area (Å²) in [6, 6.07) is 18.0. The van der Waals surface area contributed by atoms with Crippen molar-refractivity contribution in [1.29, 1.82) is 0 Å². The molecule has 192 valence electrons. The summed E-state index contributed by atoms with van der Waals surface area (Å²) in [4.78, 5) is 35.9. The van der Waals surface area contributed by atoms with Crippen molar-refractivity contribution < 1.29 is 14.7 Å². The van der Waals surface area contributed by atoms with Crippen molar-refractivity contribution in [2.24, 2.45) is 0 Å². The normalized spacial score (nSPS) is 11.1. The van der Waals surface area contributed by atoms with Gasteiger partial charge in [-0.2, -0.15) is 10.2 Å². The molecule has 0 aliphatic rings. The van der Waals surface area contributed by atoms with Crippen LogP contribution in [-0.4, -0.2) is 41.1 Å². The Morgan fingerprint density at radius 1 is 1.00 bits per heavy atom. The molecule has 0 spiro atoms. The Kier molecular flexibility index (Phi) is 7.05. The average Bonchev–Trinajstić information content (AvgIpc) is 3.49. The number of amides is 1. The number of hydrogen-bond acceptors (Lipinski definition) is 5. The fraction of sp³-hybridized carbons (Fsp3) is 0.148. The number of carbonyl (C=O) groups is 2. The molecule has 3 aromatic heterocycles. The molecular formula is C27H23ClN6O4. The number of rotatable bonds is 9. The number of carbonyl (C=O) groups excluding carboxylic acids is 1. The van der Waals surface area contributed by atoms with Crippen molar-refractivity contribution >= 4 is 34.4 Å². The largest absolute Gasteiger partial charge is 0.480 e. The van der Waals surface area contributed by atoms with Crippen LogP contribution < -0.4 is 10.9 Å². The molecule has 0 atom stereocenters. The summed E-state index contributed by atoms with van der Waals surface area (Å²) in [6.45, 7) is 0.758. The van der Waals surface area contributed by atoms with Gasteiger partial charge >= 0.3 is 5.97 Å². The number of nitrogens with one attached hydrogen (secondary N) is 1. The fourth-order valence-electron chi connectivity index (χ4n) is 4.16. The first-order chi connectivity index (χ1) is 18.4. The Balaban J connectivity index is 1.22. The quantitative estimate of drug-likeness (QED) is 0.302. The zero-order valence-corrected chi connectivity index (χ0v) is 20.9. The smallest absolute Gasteiger partial charge is 0.325 e. The molecule has 0 bridgehead atoms. The van der Waals surface area contributed by atoms with Gasteiger partial charge in [-0.15, -0.1) is 0 Å². The molecule has 1 amide bonds. The second kappa shape index (κ2) is 10.7. The Morgan fingerprint density at radius 2 is 1.76 bits per heavy atom. The third-order valence-corrected chi connectivity index (χ3v) is 6.24. The maximum Gasteiger partial charge on any atom is 0.325 e. The predicted octanol–water partition coefficient (Wildman–Crippen LogP) is 3.16. The lowest BCUT2D eigenvalue weighted by Crippen LogP contribution is -2.23. The maximum absolute atomic E-state index is 12.8. The van der Waals surface area contributed by atoms with Crippen molar-refractivity contribution in [3.63, 3.8) is 0 Å². The van der Waals surface area contributed by atoms with Gasteiger partial charge in [-0.05, 0) is 35.4 Å². The molecule has 5 rings (SSSR count). The molecule has 3 heterocycles. The van der Waals surface area contributed by atoms with E-state index in [0.717, 1.165) is 11.1 Å². The monoisotopic (exact) mass is 530 g/mol. The van der Waals surface area contributed by atoms with Crippen LogP contribution in [0.15, 0.2) is 84.0 Å². The molecule has 0 radical (unpaired) electrons. The van der Waals surface area contributed by atoms with Crippen LogP contribution in [0.4, 0.5) is 0 Å². The van der Waals surface area contributed by atoms with E-state index >= 15 is 0 Å². The van der Waals surface area contributed by atoms with E-state index in [2.05, 4.69) is 15.5 Å². The van der Waals surface area contributed by atoms with E-state index < -0.39 is 5.97 Å². The Morgan fingerprint density at radius 3 is 2.50 bits per heavy atom. The summed E-state index contributed by atoms with van der Waals surface area (Å²) in [5.74, 6) is -1.35. The summed E-state index contributed by atoms with van der Waals surface area (Å²) in [5, 5.41) is 21.8. The highest BCUT2D eigenvalue weighted by Crippen LogP contribution is 2.23. The van der Waals surface area contributed by atoms with Gasteiger partial charge in [0, 0.05) is 28.9 Å². The van der Waals surface area contributed by atoms with Crippen LogP contribution in [0.25, 0.3) is 10.9 Å². The number of benzene rings is 2. The number of aliphatic carboxylic acids is 1. The van der Waals surface area contributed by atoms with E-state index in [-0.39, 0.29) is 24.6 Å². The van der Waals surface area contributed by atoms with E-state index in [0.29, 0.717) is 40.3 Å². The summed E-state index contributed by atoms with van der Waals surface area (Å²) in [6.07, 6.45) is 4.90. The number of pyridine rings is 1. The molecule has 0 aliphatic carbocycles. The fourth-order valence-corrected chi connectivity index (χ4v) is 4.33. The summed E-state index contributed by atoms with van der Waals surface area (Å²) in [7, 11) is 0. The van der Waals surface area contributed by atoms with Crippen LogP contribution in [0.3, 0.4) is 0 Å². The lowest BCUT2D eigenvalue weighted by molar-refractivity contribution is -0.137. The summed E-state index contributed by atoms with van der Waals surface area (Å²) in [5.41, 5.74) is 3.47. The molecule has 38 heavy (non-hydrogen) atoms. The SMILES string of the molecule is O=C(O)Cn1nc(CNC(=O)c2cnn(Cc3ccc(Cn4ccccc4=O)cc3)c2)c2cc(Cl)ccc21. The minimum absolute atomic E-state index is 0.0514. The molecule has 0 aliphatic heterocycles. The minimum atomic E-state index is -1.02. The van der Waals surface area contributed by atoms with Gasteiger partial charge in [-0.25, -0.2) is 0 Å². The standard InChI is InChI=1S/C27H23ClN6O4/c28-21-8-9-24-22(11-21)23(31-34(24)17-26(36)37)13-29-27(38)20-12-30-33(16-20)15-19-6-4-18(5-7-19)14-32-10-2-1-3-25(32)35/h1-12,16H,13-15,17H2,(H,29,38)(H,36,37).